The van der Waals surface area contributed by atoms with E-state index in [0.717, 1.165) is 23.2 Å². The predicted octanol–water partition coefficient (Wildman–Crippen LogP) is 7.63. The van der Waals surface area contributed by atoms with E-state index in [9.17, 15) is 4.79 Å². The Morgan fingerprint density at radius 3 is 2.44 bits per heavy atom. The van der Waals surface area contributed by atoms with E-state index < -0.39 is 5.97 Å². The quantitative estimate of drug-likeness (QED) is 0.0705. The maximum absolute atomic E-state index is 12.8. The number of hydrogen-bond acceptors (Lipinski definition) is 8. The smallest absolute Gasteiger partial charge is 0.365 e. The molecular formula is C31H32ClN5O3S. The maximum atomic E-state index is 12.8. The lowest BCUT2D eigenvalue weighted by Gasteiger charge is -2.22. The first-order valence-electron chi connectivity index (χ1n) is 13.8. The van der Waals surface area contributed by atoms with Crippen LogP contribution in [0.4, 0.5) is 5.69 Å². The highest BCUT2D eigenvalue weighted by molar-refractivity contribution is 8.15. The third kappa shape index (κ3) is 7.68. The number of hydrazone groups is 1. The third-order valence-electron chi connectivity index (χ3n) is 6.81. The van der Waals surface area contributed by atoms with E-state index in [0.29, 0.717) is 27.6 Å². The van der Waals surface area contributed by atoms with Gasteiger partial charge in [0.15, 0.2) is 5.82 Å². The van der Waals surface area contributed by atoms with Crippen molar-refractivity contribution in [3.05, 3.63) is 95.3 Å². The largest absolute Gasteiger partial charge is 0.486 e. The number of aromatic nitrogens is 3. The van der Waals surface area contributed by atoms with Gasteiger partial charge in [-0.05, 0) is 91.5 Å². The second-order valence-corrected chi connectivity index (χ2v) is 11.0. The minimum absolute atomic E-state index is 0.0807. The summed E-state index contributed by atoms with van der Waals surface area (Å²) in [7, 11) is 0. The van der Waals surface area contributed by atoms with E-state index in [-0.39, 0.29) is 18.3 Å². The molecule has 1 N–H and O–H groups in total. The van der Waals surface area contributed by atoms with Gasteiger partial charge in [0.1, 0.15) is 12.4 Å². The summed E-state index contributed by atoms with van der Waals surface area (Å²) < 4.78 is 13.3. The molecule has 1 saturated carbocycles. The number of thioether (sulfide) groups is 1. The highest BCUT2D eigenvalue weighted by atomic mass is 35.5. The van der Waals surface area contributed by atoms with Crippen LogP contribution in [-0.2, 0) is 16.1 Å². The summed E-state index contributed by atoms with van der Waals surface area (Å²) in [4.78, 5) is 12.8. The SMILES string of the molecule is CCOC(=O)/C(=N/Nc1ccc(Cl)cc1)Sc1nnc(COc2ccc(C3CCCCC3)cc2)n1-c1ccccc1. The van der Waals surface area contributed by atoms with Gasteiger partial charge in [-0.15, -0.1) is 10.2 Å². The molecule has 1 fully saturated rings. The van der Waals surface area contributed by atoms with Crippen molar-refractivity contribution in [2.75, 3.05) is 12.0 Å². The Balaban J connectivity index is 1.36. The minimum atomic E-state index is -0.572. The minimum Gasteiger partial charge on any atom is -0.486 e. The van der Waals surface area contributed by atoms with E-state index in [2.05, 4.69) is 32.9 Å². The highest BCUT2D eigenvalue weighted by Gasteiger charge is 2.22. The number of esters is 1. The molecule has 212 valence electrons. The summed E-state index contributed by atoms with van der Waals surface area (Å²) in [6.45, 7) is 2.15. The normalized spacial score (nSPS) is 14.0. The predicted molar refractivity (Wildman–Crippen MR) is 163 cm³/mol. The Hall–Kier alpha value is -3.82. The average molecular weight is 590 g/mol. The monoisotopic (exact) mass is 589 g/mol. The van der Waals surface area contributed by atoms with Crippen LogP contribution in [0.1, 0.15) is 56.3 Å². The summed E-state index contributed by atoms with van der Waals surface area (Å²) in [6.07, 6.45) is 6.46. The van der Waals surface area contributed by atoms with Gasteiger partial charge in [-0.25, -0.2) is 4.79 Å². The lowest BCUT2D eigenvalue weighted by Crippen LogP contribution is -2.17. The molecule has 0 atom stereocenters. The van der Waals surface area contributed by atoms with Gasteiger partial charge in [-0.2, -0.15) is 5.10 Å². The van der Waals surface area contributed by atoms with Crippen LogP contribution in [0, 0.1) is 0 Å². The molecule has 1 aromatic heterocycles. The van der Waals surface area contributed by atoms with Crippen molar-refractivity contribution in [1.82, 2.24) is 14.8 Å². The molecule has 10 heteroatoms. The zero-order valence-electron chi connectivity index (χ0n) is 22.8. The Morgan fingerprint density at radius 1 is 1.00 bits per heavy atom. The standard InChI is InChI=1S/C31H32ClN5O3S/c1-2-39-30(38)29(35-33-25-17-15-24(32)16-18-25)41-31-36-34-28(37(31)26-11-7-4-8-12-26)21-40-27-19-13-23(14-20-27)22-9-5-3-6-10-22/h4,7-8,11-20,22,33H,2-3,5-6,9-10,21H2,1H3/b35-29-. The fourth-order valence-corrected chi connectivity index (χ4v) is 5.66. The van der Waals surface area contributed by atoms with E-state index in [1.54, 1.807) is 31.2 Å². The van der Waals surface area contributed by atoms with Crippen LogP contribution in [0.5, 0.6) is 5.75 Å². The number of halogens is 1. The molecule has 1 aliphatic rings. The topological polar surface area (TPSA) is 90.6 Å². The first-order chi connectivity index (χ1) is 20.1. The summed E-state index contributed by atoms with van der Waals surface area (Å²) in [5, 5.41) is 14.3. The van der Waals surface area contributed by atoms with Crippen LogP contribution in [0.2, 0.25) is 5.02 Å². The van der Waals surface area contributed by atoms with Gasteiger partial charge >= 0.3 is 5.97 Å². The molecule has 0 bridgehead atoms. The lowest BCUT2D eigenvalue weighted by molar-refractivity contribution is -0.134. The number of para-hydroxylation sites is 1. The van der Waals surface area contributed by atoms with Crippen molar-refractivity contribution >= 4 is 40.1 Å². The van der Waals surface area contributed by atoms with Crippen molar-refractivity contribution in [2.24, 2.45) is 5.10 Å². The lowest BCUT2D eigenvalue weighted by atomic mass is 9.84. The molecule has 0 spiro atoms. The van der Waals surface area contributed by atoms with Crippen molar-refractivity contribution in [3.63, 3.8) is 0 Å². The van der Waals surface area contributed by atoms with Crippen LogP contribution in [0.15, 0.2) is 89.1 Å². The van der Waals surface area contributed by atoms with Gasteiger partial charge in [-0.1, -0.05) is 61.2 Å². The van der Waals surface area contributed by atoms with E-state index >= 15 is 0 Å². The molecule has 5 rings (SSSR count). The summed E-state index contributed by atoms with van der Waals surface area (Å²) in [6, 6.07) is 25.1. The number of nitrogens with one attached hydrogen (secondary N) is 1. The second kappa shape index (κ2) is 14.2. The maximum Gasteiger partial charge on any atom is 0.365 e. The van der Waals surface area contributed by atoms with Crippen molar-refractivity contribution < 1.29 is 14.3 Å². The number of rotatable bonds is 9. The molecule has 0 unspecified atom stereocenters. The molecule has 41 heavy (non-hydrogen) atoms. The Kier molecular flexibility index (Phi) is 9.93. The van der Waals surface area contributed by atoms with Gasteiger partial charge in [0.2, 0.25) is 10.2 Å². The summed E-state index contributed by atoms with van der Waals surface area (Å²) in [5.41, 5.74) is 5.78. The second-order valence-electron chi connectivity index (χ2n) is 9.62. The van der Waals surface area contributed by atoms with Gasteiger partial charge in [0.25, 0.3) is 0 Å². The zero-order valence-corrected chi connectivity index (χ0v) is 24.4. The number of carbonyl (C=O) groups is 1. The first kappa shape index (κ1) is 28.7. The average Bonchev–Trinajstić information content (AvgIpc) is 3.42. The van der Waals surface area contributed by atoms with E-state index in [1.807, 2.05) is 47.0 Å². The molecular weight excluding hydrogens is 558 g/mol. The van der Waals surface area contributed by atoms with Crippen LogP contribution >= 0.6 is 23.4 Å². The van der Waals surface area contributed by atoms with Gasteiger partial charge in [-0.3, -0.25) is 9.99 Å². The van der Waals surface area contributed by atoms with Crippen LogP contribution in [-0.4, -0.2) is 32.4 Å². The fourth-order valence-electron chi connectivity index (χ4n) is 4.75. The first-order valence-corrected chi connectivity index (χ1v) is 15.0. The van der Waals surface area contributed by atoms with Crippen LogP contribution in [0.25, 0.3) is 5.69 Å². The molecule has 0 saturated heterocycles. The number of nitrogens with zero attached hydrogens (tertiary/aromatic N) is 4. The van der Waals surface area contributed by atoms with E-state index in [1.165, 1.54) is 37.7 Å². The molecule has 1 aliphatic carbocycles. The molecule has 0 radical (unpaired) electrons. The Morgan fingerprint density at radius 2 is 1.73 bits per heavy atom. The number of anilines is 1. The number of hydrogen-bond donors (Lipinski definition) is 1. The van der Waals surface area contributed by atoms with Crippen LogP contribution in [0.3, 0.4) is 0 Å². The van der Waals surface area contributed by atoms with E-state index in [4.69, 9.17) is 21.1 Å². The van der Waals surface area contributed by atoms with Crippen molar-refractivity contribution in [3.8, 4) is 11.4 Å². The number of carbonyl (C=O) groups excluding carboxylic acids is 1. The van der Waals surface area contributed by atoms with Gasteiger partial charge in [0, 0.05) is 10.7 Å². The fraction of sp³-hybridized carbons (Fsp3) is 0.290. The number of ether oxygens (including phenoxy) is 2. The Bertz CT molecular complexity index is 1450. The molecule has 0 aliphatic heterocycles. The molecule has 8 nitrogen and oxygen atoms in total. The van der Waals surface area contributed by atoms with Crippen LogP contribution < -0.4 is 10.2 Å². The number of benzene rings is 3. The van der Waals surface area contributed by atoms with Gasteiger partial charge < -0.3 is 9.47 Å². The van der Waals surface area contributed by atoms with Crippen molar-refractivity contribution in [2.45, 2.75) is 56.7 Å². The summed E-state index contributed by atoms with van der Waals surface area (Å²) >= 11 is 7.05. The Labute approximate surface area is 249 Å². The zero-order chi connectivity index (χ0) is 28.4. The molecule has 3 aromatic carbocycles. The van der Waals surface area contributed by atoms with Crippen molar-refractivity contribution in [1.29, 1.82) is 0 Å². The molecule has 1 heterocycles. The molecule has 0 amide bonds. The molecule has 4 aromatic rings. The highest BCUT2D eigenvalue weighted by Crippen LogP contribution is 2.33. The summed E-state index contributed by atoms with van der Waals surface area (Å²) in [5.74, 6) is 1.42. The third-order valence-corrected chi connectivity index (χ3v) is 7.96. The van der Waals surface area contributed by atoms with Gasteiger partial charge in [0.05, 0.1) is 12.3 Å².